The molecule has 1 fully saturated rings. The summed E-state index contributed by atoms with van der Waals surface area (Å²) in [6, 6.07) is 17.0. The van der Waals surface area contributed by atoms with Gasteiger partial charge in [0.2, 0.25) is 5.95 Å². The van der Waals surface area contributed by atoms with Crippen molar-refractivity contribution in [2.45, 2.75) is 39.2 Å². The molecule has 1 atom stereocenters. The summed E-state index contributed by atoms with van der Waals surface area (Å²) < 4.78 is 0. The van der Waals surface area contributed by atoms with E-state index in [-0.39, 0.29) is 18.6 Å². The molecule has 0 radical (unpaired) electrons. The van der Waals surface area contributed by atoms with Gasteiger partial charge >= 0.3 is 0 Å². The smallest absolute Gasteiger partial charge is 0.253 e. The van der Waals surface area contributed by atoms with Gasteiger partial charge in [-0.25, -0.2) is 9.97 Å². The lowest BCUT2D eigenvalue weighted by molar-refractivity contribution is 0.0697. The maximum Gasteiger partial charge on any atom is 0.253 e. The maximum absolute atomic E-state index is 12.7. The molecule has 186 valence electrons. The number of nitrogens with zero attached hydrogens (tertiary/aromatic N) is 3. The number of hydrogen-bond donors (Lipinski definition) is 3. The van der Waals surface area contributed by atoms with Gasteiger partial charge in [0.25, 0.3) is 5.91 Å². The van der Waals surface area contributed by atoms with Crippen LogP contribution in [-0.4, -0.2) is 51.6 Å². The molecule has 1 aliphatic rings. The van der Waals surface area contributed by atoms with Crippen LogP contribution in [0, 0.1) is 5.92 Å². The molecule has 0 spiro atoms. The molecular formula is C27H34ClN5O2. The summed E-state index contributed by atoms with van der Waals surface area (Å²) in [4.78, 5) is 23.5. The molecule has 0 aliphatic carbocycles. The highest BCUT2D eigenvalue weighted by Gasteiger charge is 2.21. The number of likely N-dealkylation sites (tertiary alicyclic amines) is 1. The van der Waals surface area contributed by atoms with Crippen LogP contribution in [0.3, 0.4) is 0 Å². The predicted octanol–water partition coefficient (Wildman–Crippen LogP) is 5.13. The van der Waals surface area contributed by atoms with E-state index in [4.69, 9.17) is 22.4 Å². The standard InChI is InChI=1S/C23H23ClN4O.C4H11NO/c1-16-11-14-28(15-12-16)22(29)18-4-8-20(9-5-18)26-23-25-13-10-21(27-23)17-2-6-19(24)7-3-17;1-4(5)2-3-6/h2-10,13,16H,11-12,14-15H2,1H3,(H,25,26,27);4,6H,2-3,5H2,1H3/t;4-/m.0/s1. The SMILES string of the molecule is CC1CCN(C(=O)c2ccc(Nc3nccc(-c4ccc(Cl)cc4)n3)cc2)CC1.C[C@H](N)CCO. The van der Waals surface area contributed by atoms with Crippen molar-refractivity contribution in [1.82, 2.24) is 14.9 Å². The second-order valence-electron chi connectivity index (χ2n) is 8.94. The molecule has 1 aliphatic heterocycles. The number of nitrogens with one attached hydrogen (secondary N) is 1. The molecule has 0 saturated carbocycles. The van der Waals surface area contributed by atoms with Gasteiger partial charge < -0.3 is 21.1 Å². The molecule has 0 bridgehead atoms. The molecule has 0 unspecified atom stereocenters. The van der Waals surface area contributed by atoms with Crippen molar-refractivity contribution in [3.05, 3.63) is 71.4 Å². The Bertz CT molecular complexity index is 1070. The highest BCUT2D eigenvalue weighted by molar-refractivity contribution is 6.30. The molecule has 4 N–H and O–H groups in total. The van der Waals surface area contributed by atoms with E-state index in [1.807, 2.05) is 66.4 Å². The zero-order chi connectivity index (χ0) is 25.2. The number of halogens is 1. The highest BCUT2D eigenvalue weighted by Crippen LogP contribution is 2.22. The van der Waals surface area contributed by atoms with Crippen LogP contribution in [0.25, 0.3) is 11.3 Å². The Kier molecular flexibility index (Phi) is 10.0. The fourth-order valence-electron chi connectivity index (χ4n) is 3.62. The summed E-state index contributed by atoms with van der Waals surface area (Å²) in [5.41, 5.74) is 8.57. The molecule has 4 rings (SSSR count). The Balaban J connectivity index is 0.000000509. The van der Waals surface area contributed by atoms with E-state index in [0.717, 1.165) is 42.9 Å². The molecule has 1 aromatic heterocycles. The largest absolute Gasteiger partial charge is 0.396 e. The lowest BCUT2D eigenvalue weighted by atomic mass is 9.98. The fourth-order valence-corrected chi connectivity index (χ4v) is 3.75. The topological polar surface area (TPSA) is 104 Å². The second-order valence-corrected chi connectivity index (χ2v) is 9.38. The maximum atomic E-state index is 12.7. The number of anilines is 2. The van der Waals surface area contributed by atoms with E-state index in [2.05, 4.69) is 22.2 Å². The van der Waals surface area contributed by atoms with Gasteiger partial charge in [0.15, 0.2) is 0 Å². The summed E-state index contributed by atoms with van der Waals surface area (Å²) >= 11 is 5.96. The van der Waals surface area contributed by atoms with Crippen LogP contribution in [0.15, 0.2) is 60.8 Å². The molecule has 35 heavy (non-hydrogen) atoms. The van der Waals surface area contributed by atoms with Crippen molar-refractivity contribution in [1.29, 1.82) is 0 Å². The van der Waals surface area contributed by atoms with Crippen LogP contribution >= 0.6 is 11.6 Å². The van der Waals surface area contributed by atoms with Crippen LogP contribution in [0.2, 0.25) is 5.02 Å². The van der Waals surface area contributed by atoms with Gasteiger partial charge in [-0.05, 0) is 74.6 Å². The van der Waals surface area contributed by atoms with Crippen molar-refractivity contribution < 1.29 is 9.90 Å². The Morgan fingerprint density at radius 3 is 2.37 bits per heavy atom. The third kappa shape index (κ3) is 8.31. The van der Waals surface area contributed by atoms with E-state index in [1.165, 1.54) is 0 Å². The Morgan fingerprint density at radius 2 is 1.80 bits per heavy atom. The van der Waals surface area contributed by atoms with E-state index in [1.54, 1.807) is 6.20 Å². The summed E-state index contributed by atoms with van der Waals surface area (Å²) in [5, 5.41) is 12.1. The van der Waals surface area contributed by atoms with Crippen LogP contribution in [0.4, 0.5) is 11.6 Å². The van der Waals surface area contributed by atoms with Gasteiger partial charge in [-0.15, -0.1) is 0 Å². The Hall–Kier alpha value is -3.00. The van der Waals surface area contributed by atoms with Gasteiger partial charge in [0, 0.05) is 53.8 Å². The van der Waals surface area contributed by atoms with E-state index < -0.39 is 0 Å². The van der Waals surface area contributed by atoms with E-state index in [0.29, 0.717) is 28.9 Å². The highest BCUT2D eigenvalue weighted by atomic mass is 35.5. The Labute approximate surface area is 212 Å². The number of amides is 1. The quantitative estimate of drug-likeness (QED) is 0.438. The summed E-state index contributed by atoms with van der Waals surface area (Å²) in [5.74, 6) is 1.31. The molecule has 2 aromatic carbocycles. The van der Waals surface area contributed by atoms with Crippen molar-refractivity contribution in [2.24, 2.45) is 11.7 Å². The molecular weight excluding hydrogens is 462 g/mol. The van der Waals surface area contributed by atoms with Crippen LogP contribution in [-0.2, 0) is 0 Å². The van der Waals surface area contributed by atoms with Gasteiger partial charge in [0.05, 0.1) is 5.69 Å². The van der Waals surface area contributed by atoms with Crippen LogP contribution in [0.5, 0.6) is 0 Å². The number of benzene rings is 2. The first kappa shape index (κ1) is 26.6. The molecule has 3 aromatic rings. The van der Waals surface area contributed by atoms with Crippen molar-refractivity contribution in [2.75, 3.05) is 25.0 Å². The number of nitrogens with two attached hydrogens (primary N) is 1. The minimum absolute atomic E-state index is 0.101. The molecule has 2 heterocycles. The third-order valence-electron chi connectivity index (χ3n) is 5.84. The minimum atomic E-state index is 0.101. The number of hydrogen-bond acceptors (Lipinski definition) is 6. The predicted molar refractivity (Wildman–Crippen MR) is 142 cm³/mol. The molecule has 1 saturated heterocycles. The number of carbonyl (C=O) groups is 1. The van der Waals surface area contributed by atoms with Gasteiger partial charge in [-0.2, -0.15) is 0 Å². The van der Waals surface area contributed by atoms with Gasteiger partial charge in [-0.3, -0.25) is 4.79 Å². The fraction of sp³-hybridized carbons (Fsp3) is 0.370. The zero-order valence-electron chi connectivity index (χ0n) is 20.3. The number of carbonyl (C=O) groups excluding carboxylic acids is 1. The average molecular weight is 496 g/mol. The van der Waals surface area contributed by atoms with E-state index >= 15 is 0 Å². The zero-order valence-corrected chi connectivity index (χ0v) is 21.1. The third-order valence-corrected chi connectivity index (χ3v) is 6.09. The summed E-state index contributed by atoms with van der Waals surface area (Å²) in [6.45, 7) is 6.00. The van der Waals surface area contributed by atoms with Crippen molar-refractivity contribution in [3.8, 4) is 11.3 Å². The number of aliphatic hydroxyl groups is 1. The number of piperidine rings is 1. The van der Waals surface area contributed by atoms with Gasteiger partial charge in [0.1, 0.15) is 0 Å². The minimum Gasteiger partial charge on any atom is -0.396 e. The van der Waals surface area contributed by atoms with Crippen LogP contribution in [0.1, 0.15) is 43.5 Å². The average Bonchev–Trinajstić information content (AvgIpc) is 2.85. The lowest BCUT2D eigenvalue weighted by Gasteiger charge is -2.30. The van der Waals surface area contributed by atoms with Crippen LogP contribution < -0.4 is 11.1 Å². The number of aliphatic hydroxyl groups excluding tert-OH is 1. The Morgan fingerprint density at radius 1 is 1.14 bits per heavy atom. The first-order valence-corrected chi connectivity index (χ1v) is 12.3. The monoisotopic (exact) mass is 495 g/mol. The summed E-state index contributed by atoms with van der Waals surface area (Å²) in [6.07, 6.45) is 4.58. The molecule has 7 nitrogen and oxygen atoms in total. The van der Waals surface area contributed by atoms with Crippen molar-refractivity contribution in [3.63, 3.8) is 0 Å². The molecule has 8 heteroatoms. The van der Waals surface area contributed by atoms with Crippen molar-refractivity contribution >= 4 is 29.1 Å². The lowest BCUT2D eigenvalue weighted by Crippen LogP contribution is -2.37. The first-order chi connectivity index (χ1) is 16.9. The van der Waals surface area contributed by atoms with E-state index in [9.17, 15) is 4.79 Å². The van der Waals surface area contributed by atoms with Gasteiger partial charge in [-0.1, -0.05) is 30.7 Å². The summed E-state index contributed by atoms with van der Waals surface area (Å²) in [7, 11) is 0. The first-order valence-electron chi connectivity index (χ1n) is 12.0. The number of rotatable bonds is 6. The number of aromatic nitrogens is 2. The normalized spacial score (nSPS) is 14.6. The second kappa shape index (κ2) is 13.2. The molecule has 1 amide bonds.